The van der Waals surface area contributed by atoms with E-state index >= 15 is 0 Å². The van der Waals surface area contributed by atoms with Gasteiger partial charge in [0.25, 0.3) is 5.69 Å². The average Bonchev–Trinajstić information content (AvgIpc) is 2.65. The van der Waals surface area contributed by atoms with E-state index < -0.39 is 26.9 Å². The normalized spacial score (nSPS) is 12.2. The van der Waals surface area contributed by atoms with Crippen molar-refractivity contribution in [1.29, 1.82) is 0 Å². The van der Waals surface area contributed by atoms with Gasteiger partial charge in [0.15, 0.2) is 0 Å². The highest BCUT2D eigenvalue weighted by molar-refractivity contribution is 7.92. The van der Waals surface area contributed by atoms with Crippen molar-refractivity contribution in [3.63, 3.8) is 0 Å². The van der Waals surface area contributed by atoms with E-state index in [2.05, 4.69) is 5.32 Å². The predicted octanol–water partition coefficient (Wildman–Crippen LogP) is 3.15. The van der Waals surface area contributed by atoms with Crippen LogP contribution in [0.25, 0.3) is 0 Å². The number of carbonyl (C=O) groups is 1. The highest BCUT2D eigenvalue weighted by Crippen LogP contribution is 2.25. The number of non-ortho nitro benzene ring substituents is 1. The number of nitrogens with one attached hydrogen (secondary N) is 1. The van der Waals surface area contributed by atoms with Gasteiger partial charge in [-0.15, -0.1) is 0 Å². The summed E-state index contributed by atoms with van der Waals surface area (Å²) in [5.41, 5.74) is 0.759. The number of halogens is 1. The van der Waals surface area contributed by atoms with E-state index in [1.54, 1.807) is 6.07 Å². The Balaban J connectivity index is 2.06. The second kappa shape index (κ2) is 9.71. The Morgan fingerprint density at radius 3 is 2.55 bits per heavy atom. The zero-order valence-corrected chi connectivity index (χ0v) is 17.6. The Hall–Kier alpha value is -2.65. The third-order valence-corrected chi connectivity index (χ3v) is 5.87. The van der Waals surface area contributed by atoms with E-state index in [9.17, 15) is 23.3 Å². The van der Waals surface area contributed by atoms with Crippen molar-refractivity contribution >= 4 is 38.9 Å². The smallest absolute Gasteiger partial charge is 0.271 e. The molecule has 0 heterocycles. The molecule has 1 unspecified atom stereocenters. The lowest BCUT2D eigenvalue weighted by Gasteiger charge is -2.28. The van der Waals surface area contributed by atoms with E-state index in [1.807, 2.05) is 18.2 Å². The molecule has 29 heavy (non-hydrogen) atoms. The molecule has 0 aliphatic rings. The number of benzene rings is 2. The van der Waals surface area contributed by atoms with Crippen LogP contribution in [0.2, 0.25) is 5.02 Å². The highest BCUT2D eigenvalue weighted by atomic mass is 35.5. The first-order chi connectivity index (χ1) is 13.6. The van der Waals surface area contributed by atoms with Crippen molar-refractivity contribution < 1.29 is 18.1 Å². The maximum atomic E-state index is 12.5. The van der Waals surface area contributed by atoms with Gasteiger partial charge < -0.3 is 5.32 Å². The van der Waals surface area contributed by atoms with E-state index in [0.717, 1.165) is 22.2 Å². The lowest BCUT2D eigenvalue weighted by Crippen LogP contribution is -2.48. The third kappa shape index (κ3) is 6.16. The number of nitro groups is 1. The SMILES string of the molecule is CC(C(=O)NCCCc1ccccc1Cl)N(c1cccc([N+](=O)[O-])c1)S(C)(=O)=O. The standard InChI is InChI=1S/C19H22ClN3O5S/c1-14(19(24)21-12-6-8-15-7-3-4-11-18(15)20)22(29(2,27)28)16-9-5-10-17(13-16)23(25)26/h3-5,7,9-11,13-14H,6,8,12H2,1-2H3,(H,21,24). The van der Waals surface area contributed by atoms with Gasteiger partial charge in [-0.05, 0) is 37.5 Å². The number of sulfonamides is 1. The summed E-state index contributed by atoms with van der Waals surface area (Å²) in [5, 5.41) is 14.4. The molecule has 2 rings (SSSR count). The summed E-state index contributed by atoms with van der Waals surface area (Å²) in [5.74, 6) is -0.499. The number of hydrogen-bond acceptors (Lipinski definition) is 5. The minimum absolute atomic E-state index is 0.0559. The van der Waals surface area contributed by atoms with Crippen molar-refractivity contribution in [1.82, 2.24) is 5.32 Å². The fourth-order valence-electron chi connectivity index (χ4n) is 2.89. The molecule has 0 saturated heterocycles. The largest absolute Gasteiger partial charge is 0.354 e. The van der Waals surface area contributed by atoms with Crippen LogP contribution in [0.1, 0.15) is 18.9 Å². The quantitative estimate of drug-likeness (QED) is 0.366. The molecule has 1 amide bonds. The zero-order chi connectivity index (χ0) is 21.6. The second-order valence-corrected chi connectivity index (χ2v) is 8.76. The van der Waals surface area contributed by atoms with Crippen LogP contribution < -0.4 is 9.62 Å². The Morgan fingerprint density at radius 2 is 1.93 bits per heavy atom. The molecule has 2 aromatic rings. The second-order valence-electron chi connectivity index (χ2n) is 6.50. The van der Waals surface area contributed by atoms with Crippen molar-refractivity contribution in [2.75, 3.05) is 17.1 Å². The third-order valence-electron chi connectivity index (χ3n) is 4.26. The molecular weight excluding hydrogens is 418 g/mol. The van der Waals surface area contributed by atoms with Gasteiger partial charge in [-0.25, -0.2) is 8.42 Å². The molecule has 8 nitrogen and oxygen atoms in total. The summed E-state index contributed by atoms with van der Waals surface area (Å²) in [6.45, 7) is 1.77. The zero-order valence-electron chi connectivity index (χ0n) is 16.0. The van der Waals surface area contributed by atoms with Crippen molar-refractivity contribution in [2.45, 2.75) is 25.8 Å². The molecular formula is C19H22ClN3O5S. The molecule has 1 N–H and O–H groups in total. The Kier molecular flexibility index (Phi) is 7.58. The lowest BCUT2D eigenvalue weighted by molar-refractivity contribution is -0.384. The lowest BCUT2D eigenvalue weighted by atomic mass is 10.1. The Morgan fingerprint density at radius 1 is 1.24 bits per heavy atom. The van der Waals surface area contributed by atoms with E-state index in [0.29, 0.717) is 24.4 Å². The Bertz CT molecular complexity index is 997. The molecule has 156 valence electrons. The fourth-order valence-corrected chi connectivity index (χ4v) is 4.29. The minimum Gasteiger partial charge on any atom is -0.354 e. The number of nitro benzene ring substituents is 1. The van der Waals surface area contributed by atoms with Gasteiger partial charge in [0.05, 0.1) is 16.9 Å². The number of anilines is 1. The number of amides is 1. The number of nitrogens with zero attached hydrogens (tertiary/aromatic N) is 2. The van der Waals surface area contributed by atoms with E-state index in [1.165, 1.54) is 25.1 Å². The molecule has 0 aliphatic heterocycles. The summed E-state index contributed by atoms with van der Waals surface area (Å²) in [6, 6.07) is 11.5. The van der Waals surface area contributed by atoms with Crippen LogP contribution in [-0.4, -0.2) is 38.1 Å². The average molecular weight is 440 g/mol. The van der Waals surface area contributed by atoms with Crippen molar-refractivity contribution in [3.05, 3.63) is 69.2 Å². The maximum absolute atomic E-state index is 12.5. The molecule has 1 atom stereocenters. The van der Waals surface area contributed by atoms with Crippen LogP contribution in [-0.2, 0) is 21.2 Å². The topological polar surface area (TPSA) is 110 Å². The van der Waals surface area contributed by atoms with Gasteiger partial charge in [-0.1, -0.05) is 35.9 Å². The number of rotatable bonds is 9. The monoisotopic (exact) mass is 439 g/mol. The van der Waals surface area contributed by atoms with Crippen LogP contribution >= 0.6 is 11.6 Å². The molecule has 0 radical (unpaired) electrons. The molecule has 0 aromatic heterocycles. The van der Waals surface area contributed by atoms with Gasteiger partial charge in [0.1, 0.15) is 6.04 Å². The van der Waals surface area contributed by atoms with Crippen LogP contribution in [0.5, 0.6) is 0 Å². The van der Waals surface area contributed by atoms with Crippen molar-refractivity contribution in [3.8, 4) is 0 Å². The molecule has 10 heteroatoms. The van der Waals surface area contributed by atoms with Gasteiger partial charge in [-0.2, -0.15) is 0 Å². The van der Waals surface area contributed by atoms with Crippen LogP contribution in [0, 0.1) is 10.1 Å². The summed E-state index contributed by atoms with van der Waals surface area (Å²) < 4.78 is 25.4. The maximum Gasteiger partial charge on any atom is 0.271 e. The first kappa shape index (κ1) is 22.6. The first-order valence-electron chi connectivity index (χ1n) is 8.86. The molecule has 0 aliphatic carbocycles. The summed E-state index contributed by atoms with van der Waals surface area (Å²) in [6.07, 6.45) is 2.24. The highest BCUT2D eigenvalue weighted by Gasteiger charge is 2.29. The van der Waals surface area contributed by atoms with Crippen LogP contribution in [0.15, 0.2) is 48.5 Å². The van der Waals surface area contributed by atoms with Gasteiger partial charge in [-0.3, -0.25) is 19.2 Å². The molecule has 0 spiro atoms. The number of aryl methyl sites for hydroxylation is 1. The molecule has 0 fully saturated rings. The van der Waals surface area contributed by atoms with Crippen molar-refractivity contribution in [2.24, 2.45) is 0 Å². The van der Waals surface area contributed by atoms with Gasteiger partial charge in [0.2, 0.25) is 15.9 Å². The molecule has 0 saturated carbocycles. The van der Waals surface area contributed by atoms with Crippen LogP contribution in [0.3, 0.4) is 0 Å². The summed E-state index contributed by atoms with van der Waals surface area (Å²) >= 11 is 6.10. The minimum atomic E-state index is -3.85. The van der Waals surface area contributed by atoms with E-state index in [-0.39, 0.29) is 11.4 Å². The number of hydrogen-bond donors (Lipinski definition) is 1. The van der Waals surface area contributed by atoms with Gasteiger partial charge >= 0.3 is 0 Å². The number of carbonyl (C=O) groups excluding carboxylic acids is 1. The first-order valence-corrected chi connectivity index (χ1v) is 11.1. The van der Waals surface area contributed by atoms with Gasteiger partial charge in [0, 0.05) is 23.7 Å². The molecule has 2 aromatic carbocycles. The summed E-state index contributed by atoms with van der Waals surface area (Å²) in [4.78, 5) is 22.9. The summed E-state index contributed by atoms with van der Waals surface area (Å²) in [7, 11) is -3.85. The Labute approximate surface area is 174 Å². The fraction of sp³-hybridized carbons (Fsp3) is 0.316. The van der Waals surface area contributed by atoms with E-state index in [4.69, 9.17) is 11.6 Å². The van der Waals surface area contributed by atoms with Crippen LogP contribution in [0.4, 0.5) is 11.4 Å². The predicted molar refractivity (Wildman–Crippen MR) is 113 cm³/mol. The molecule has 0 bridgehead atoms.